The fraction of sp³-hybridized carbons (Fsp3) is 0. The molecular formula is C3H4BN3O. The molecule has 0 aromatic carbocycles. The molecule has 1 aromatic heterocycles. The van der Waals surface area contributed by atoms with Crippen LogP contribution in [0, 0.1) is 0 Å². The smallest absolute Gasteiger partial charge is 0.332 e. The molecule has 4 nitrogen and oxygen atoms in total. The van der Waals surface area contributed by atoms with Crippen molar-refractivity contribution in [2.24, 2.45) is 0 Å². The Hall–Kier alpha value is -1.13. The second-order valence-electron chi connectivity index (χ2n) is 1.40. The molecule has 0 radical (unpaired) electrons. The lowest BCUT2D eigenvalue weighted by Gasteiger charge is -1.86. The molecule has 1 N–H and O–H groups in total. The first kappa shape index (κ1) is 5.02. The molecule has 0 aliphatic rings. The van der Waals surface area contributed by atoms with E-state index in [1.54, 1.807) is 7.85 Å². The lowest BCUT2D eigenvalue weighted by Crippen LogP contribution is -2.08. The largest absolute Gasteiger partial charge is 0.478 e. The van der Waals surface area contributed by atoms with Gasteiger partial charge in [-0.3, -0.25) is 0 Å². The maximum absolute atomic E-state index is 8.53. The number of aromatic nitrogens is 3. The van der Waals surface area contributed by atoms with Crippen LogP contribution >= 0.6 is 0 Å². The minimum atomic E-state index is -0.273. The van der Waals surface area contributed by atoms with Gasteiger partial charge in [-0.25, -0.2) is 4.98 Å². The van der Waals surface area contributed by atoms with Crippen LogP contribution in [0.2, 0.25) is 0 Å². The van der Waals surface area contributed by atoms with E-state index in [2.05, 4.69) is 15.2 Å². The minimum Gasteiger partial charge on any atom is -0.478 e. The first-order valence-corrected chi connectivity index (χ1v) is 2.14. The predicted molar refractivity (Wildman–Crippen MR) is 29.7 cm³/mol. The molecule has 0 aliphatic heterocycles. The molecule has 1 rings (SSSR count). The van der Waals surface area contributed by atoms with Gasteiger partial charge in [0.15, 0.2) is 7.85 Å². The lowest BCUT2D eigenvalue weighted by atomic mass is 10.1. The van der Waals surface area contributed by atoms with Crippen LogP contribution in [-0.2, 0) is 0 Å². The summed E-state index contributed by atoms with van der Waals surface area (Å²) >= 11 is 0. The van der Waals surface area contributed by atoms with Crippen LogP contribution in [-0.4, -0.2) is 28.1 Å². The molecule has 0 amide bonds. The molecule has 0 saturated heterocycles. The highest BCUT2D eigenvalue weighted by Crippen LogP contribution is 1.84. The van der Waals surface area contributed by atoms with E-state index in [-0.39, 0.29) is 6.01 Å². The fourth-order valence-corrected chi connectivity index (χ4v) is 0.373. The van der Waals surface area contributed by atoms with Gasteiger partial charge in [0.25, 0.3) is 0 Å². The van der Waals surface area contributed by atoms with Crippen molar-refractivity contribution in [1.82, 2.24) is 15.2 Å². The second-order valence-corrected chi connectivity index (χ2v) is 1.40. The Kier molecular flexibility index (Phi) is 1.11. The van der Waals surface area contributed by atoms with Crippen molar-refractivity contribution >= 4 is 13.4 Å². The van der Waals surface area contributed by atoms with Crippen molar-refractivity contribution < 1.29 is 5.11 Å². The molecule has 0 fully saturated rings. The van der Waals surface area contributed by atoms with Crippen LogP contribution in [0.5, 0.6) is 6.01 Å². The Labute approximate surface area is 47.0 Å². The number of aromatic hydroxyl groups is 1. The van der Waals surface area contributed by atoms with Gasteiger partial charge < -0.3 is 5.11 Å². The first-order chi connectivity index (χ1) is 3.79. The molecule has 0 bridgehead atoms. The molecule has 40 valence electrons. The molecule has 0 saturated carbocycles. The van der Waals surface area contributed by atoms with Gasteiger partial charge in [0.05, 0.1) is 6.20 Å². The average molecular weight is 109 g/mol. The summed E-state index contributed by atoms with van der Waals surface area (Å²) in [6.45, 7) is 0. The molecule has 0 unspecified atom stereocenters. The Morgan fingerprint density at radius 1 is 1.62 bits per heavy atom. The van der Waals surface area contributed by atoms with Crippen LogP contribution in [0.3, 0.4) is 0 Å². The van der Waals surface area contributed by atoms with E-state index in [0.29, 0.717) is 5.59 Å². The third kappa shape index (κ3) is 0.929. The van der Waals surface area contributed by atoms with E-state index in [1.165, 1.54) is 6.20 Å². The molecule has 0 atom stereocenters. The van der Waals surface area contributed by atoms with Crippen molar-refractivity contribution in [3.63, 3.8) is 0 Å². The van der Waals surface area contributed by atoms with E-state index in [9.17, 15) is 0 Å². The van der Waals surface area contributed by atoms with Crippen molar-refractivity contribution in [3.05, 3.63) is 6.20 Å². The summed E-state index contributed by atoms with van der Waals surface area (Å²) < 4.78 is 0. The summed E-state index contributed by atoms with van der Waals surface area (Å²) in [6.07, 6.45) is 1.47. The Morgan fingerprint density at radius 2 is 2.38 bits per heavy atom. The third-order valence-corrected chi connectivity index (χ3v) is 0.668. The summed E-state index contributed by atoms with van der Waals surface area (Å²) in [6, 6.07) is -0.273. The van der Waals surface area contributed by atoms with Crippen molar-refractivity contribution in [2.75, 3.05) is 0 Å². The van der Waals surface area contributed by atoms with E-state index in [4.69, 9.17) is 5.11 Å². The second kappa shape index (κ2) is 1.77. The first-order valence-electron chi connectivity index (χ1n) is 2.14. The van der Waals surface area contributed by atoms with E-state index in [0.717, 1.165) is 0 Å². The topological polar surface area (TPSA) is 58.9 Å². The normalized spacial score (nSPS) is 9.00. The van der Waals surface area contributed by atoms with Gasteiger partial charge >= 0.3 is 6.01 Å². The average Bonchev–Trinajstić information content (AvgIpc) is 1.64. The minimum absolute atomic E-state index is 0.273. The maximum Gasteiger partial charge on any atom is 0.332 e. The van der Waals surface area contributed by atoms with E-state index >= 15 is 0 Å². The van der Waals surface area contributed by atoms with Gasteiger partial charge in [-0.15, -0.1) is 0 Å². The lowest BCUT2D eigenvalue weighted by molar-refractivity contribution is 0.423. The molecule has 0 aliphatic carbocycles. The quantitative estimate of drug-likeness (QED) is 0.385. The van der Waals surface area contributed by atoms with Gasteiger partial charge in [-0.2, -0.15) is 5.10 Å². The van der Waals surface area contributed by atoms with Crippen LogP contribution in [0.25, 0.3) is 0 Å². The van der Waals surface area contributed by atoms with Crippen LogP contribution in [0.4, 0.5) is 0 Å². The number of hydrogen-bond acceptors (Lipinski definition) is 4. The van der Waals surface area contributed by atoms with E-state index in [1.807, 2.05) is 0 Å². The Morgan fingerprint density at radius 3 is 2.75 bits per heavy atom. The summed E-state index contributed by atoms with van der Waals surface area (Å²) in [4.78, 5) is 3.56. The monoisotopic (exact) mass is 109 g/mol. The van der Waals surface area contributed by atoms with Crippen molar-refractivity contribution in [2.45, 2.75) is 0 Å². The Balaban J connectivity index is 3.08. The van der Waals surface area contributed by atoms with Gasteiger partial charge in [0, 0.05) is 5.59 Å². The Bertz CT molecular complexity index is 174. The third-order valence-electron chi connectivity index (χ3n) is 0.668. The molecule has 0 spiro atoms. The van der Waals surface area contributed by atoms with Gasteiger partial charge in [-0.1, -0.05) is 5.10 Å². The summed E-state index contributed by atoms with van der Waals surface area (Å²) in [5.41, 5.74) is 0.664. The van der Waals surface area contributed by atoms with Crippen LogP contribution < -0.4 is 5.59 Å². The van der Waals surface area contributed by atoms with Gasteiger partial charge in [0.2, 0.25) is 0 Å². The summed E-state index contributed by atoms with van der Waals surface area (Å²) in [7, 11) is 1.73. The number of nitrogens with zero attached hydrogens (tertiary/aromatic N) is 3. The zero-order chi connectivity index (χ0) is 5.98. The number of rotatable bonds is 0. The summed E-state index contributed by atoms with van der Waals surface area (Å²) in [5.74, 6) is 0. The molecule has 1 heterocycles. The van der Waals surface area contributed by atoms with Crippen molar-refractivity contribution in [1.29, 1.82) is 0 Å². The fourth-order valence-electron chi connectivity index (χ4n) is 0.373. The van der Waals surface area contributed by atoms with Gasteiger partial charge in [0.1, 0.15) is 0 Å². The highest BCUT2D eigenvalue weighted by molar-refractivity contribution is 6.30. The highest BCUT2D eigenvalue weighted by atomic mass is 16.3. The SMILES string of the molecule is Bc1cnnc(O)n1. The summed E-state index contributed by atoms with van der Waals surface area (Å²) in [5, 5.41) is 15.2. The van der Waals surface area contributed by atoms with Crippen molar-refractivity contribution in [3.8, 4) is 6.01 Å². The van der Waals surface area contributed by atoms with E-state index < -0.39 is 0 Å². The molecule has 8 heavy (non-hydrogen) atoms. The zero-order valence-corrected chi connectivity index (χ0v) is 4.37. The number of hydrogen-bond donors (Lipinski definition) is 1. The van der Waals surface area contributed by atoms with Gasteiger partial charge in [-0.05, 0) is 0 Å². The highest BCUT2D eigenvalue weighted by Gasteiger charge is 1.88. The standard InChI is InChI=1S/C3H4BN3O/c4-2-1-5-7-3(8)6-2/h1H,4H2,(H,6,7,8). The van der Waals surface area contributed by atoms with Crippen LogP contribution in [0.15, 0.2) is 6.20 Å². The molecular weight excluding hydrogens is 105 g/mol. The maximum atomic E-state index is 8.53. The predicted octanol–water partition coefficient (Wildman–Crippen LogP) is -2.16. The zero-order valence-electron chi connectivity index (χ0n) is 4.37. The van der Waals surface area contributed by atoms with Crippen LogP contribution in [0.1, 0.15) is 0 Å². The molecule has 5 heteroatoms. The molecule has 1 aromatic rings.